The highest BCUT2D eigenvalue weighted by molar-refractivity contribution is 8.00. The first-order valence-electron chi connectivity index (χ1n) is 11.2. The lowest BCUT2D eigenvalue weighted by Crippen LogP contribution is -2.47. The van der Waals surface area contributed by atoms with Crippen molar-refractivity contribution < 1.29 is 14.3 Å². The normalized spacial score (nSPS) is 17.9. The Balaban J connectivity index is 1.64. The van der Waals surface area contributed by atoms with Crippen molar-refractivity contribution in [3.8, 4) is 22.6 Å². The molecule has 1 aliphatic heterocycles. The van der Waals surface area contributed by atoms with E-state index in [0.717, 1.165) is 67.1 Å². The van der Waals surface area contributed by atoms with Crippen molar-refractivity contribution in [1.29, 1.82) is 0 Å². The van der Waals surface area contributed by atoms with E-state index in [2.05, 4.69) is 34.9 Å². The number of carbonyl (C=O) groups excluding carboxylic acids is 1. The van der Waals surface area contributed by atoms with E-state index in [1.54, 1.807) is 14.2 Å². The molecule has 5 nitrogen and oxygen atoms in total. The van der Waals surface area contributed by atoms with E-state index in [9.17, 15) is 4.79 Å². The van der Waals surface area contributed by atoms with Crippen LogP contribution in [0.4, 0.5) is 5.69 Å². The van der Waals surface area contributed by atoms with Gasteiger partial charge in [0, 0.05) is 29.2 Å². The monoisotopic (exact) mass is 462 g/mol. The molecule has 2 N–H and O–H groups in total. The Morgan fingerprint density at radius 3 is 2.42 bits per heavy atom. The molecule has 0 saturated carbocycles. The van der Waals surface area contributed by atoms with Crippen molar-refractivity contribution in [2.75, 3.05) is 39.2 Å². The summed E-state index contributed by atoms with van der Waals surface area (Å²) in [7, 11) is 3.30. The van der Waals surface area contributed by atoms with Crippen molar-refractivity contribution in [2.45, 2.75) is 22.5 Å². The summed E-state index contributed by atoms with van der Waals surface area (Å²) in [5.41, 5.74) is 3.25. The van der Waals surface area contributed by atoms with Gasteiger partial charge < -0.3 is 20.1 Å². The summed E-state index contributed by atoms with van der Waals surface area (Å²) in [5, 5.41) is 7.17. The van der Waals surface area contributed by atoms with Crippen LogP contribution in [0.15, 0.2) is 71.6 Å². The van der Waals surface area contributed by atoms with Crippen molar-refractivity contribution in [2.24, 2.45) is 0 Å². The topological polar surface area (TPSA) is 59.6 Å². The molecule has 1 atom stereocenters. The maximum Gasteiger partial charge on any atom is 0.152 e. The summed E-state index contributed by atoms with van der Waals surface area (Å²) in [6, 6.07) is 22.1. The van der Waals surface area contributed by atoms with E-state index in [1.165, 1.54) is 4.90 Å². The lowest BCUT2D eigenvalue weighted by Gasteiger charge is -2.37. The number of carbonyl (C=O) groups is 1. The summed E-state index contributed by atoms with van der Waals surface area (Å²) < 4.78 is 11.2. The fourth-order valence-corrected chi connectivity index (χ4v) is 5.67. The van der Waals surface area contributed by atoms with Crippen LogP contribution in [0.2, 0.25) is 0 Å². The van der Waals surface area contributed by atoms with E-state index in [1.807, 2.05) is 54.2 Å². The average Bonchev–Trinajstić information content (AvgIpc) is 2.88. The number of nitrogens with one attached hydrogen (secondary N) is 2. The number of hydrogen-bond acceptors (Lipinski definition) is 6. The van der Waals surface area contributed by atoms with E-state index in [4.69, 9.17) is 9.47 Å². The van der Waals surface area contributed by atoms with Gasteiger partial charge in [-0.05, 0) is 61.3 Å². The Morgan fingerprint density at radius 2 is 1.79 bits per heavy atom. The van der Waals surface area contributed by atoms with Crippen LogP contribution in [0.3, 0.4) is 0 Å². The van der Waals surface area contributed by atoms with Crippen LogP contribution in [0, 0.1) is 0 Å². The van der Waals surface area contributed by atoms with Gasteiger partial charge in [0.1, 0.15) is 11.5 Å². The number of thioether (sulfide) groups is 1. The molecule has 0 amide bonds. The van der Waals surface area contributed by atoms with Gasteiger partial charge in [-0.2, -0.15) is 0 Å². The maximum atomic E-state index is 11.8. The smallest absolute Gasteiger partial charge is 0.152 e. The maximum absolute atomic E-state index is 11.8. The van der Waals surface area contributed by atoms with Gasteiger partial charge in [-0.3, -0.25) is 4.79 Å². The minimum Gasteiger partial charge on any atom is -0.496 e. The molecule has 1 aliphatic rings. The first kappa shape index (κ1) is 23.2. The number of methoxy groups -OCH3 is 2. The molecule has 1 heterocycles. The quantitative estimate of drug-likeness (QED) is 0.409. The van der Waals surface area contributed by atoms with Gasteiger partial charge in [0.15, 0.2) is 6.29 Å². The van der Waals surface area contributed by atoms with Crippen LogP contribution in [-0.2, 0) is 0 Å². The standard InChI is InChI=1S/C27H30N2O3S/c1-31-24-10-6-11-25(32-2)26(24)20-12-13-21(17-30)23(16-20)29-19-27(14-7-15-28-18-27)33-22-8-4-3-5-9-22/h3-6,8-13,16-17,28-29H,7,14-15,18-19H2,1-2H3. The zero-order valence-corrected chi connectivity index (χ0v) is 19.9. The fraction of sp³-hybridized carbons (Fsp3) is 0.296. The number of ether oxygens (including phenoxy) is 2. The van der Waals surface area contributed by atoms with Crippen LogP contribution >= 0.6 is 11.8 Å². The van der Waals surface area contributed by atoms with Crippen LogP contribution in [0.25, 0.3) is 11.1 Å². The predicted octanol–water partition coefficient (Wildman–Crippen LogP) is 5.51. The Hall–Kier alpha value is -2.96. The Bertz CT molecular complexity index is 1060. The lowest BCUT2D eigenvalue weighted by atomic mass is 9.97. The highest BCUT2D eigenvalue weighted by Gasteiger charge is 2.33. The molecule has 33 heavy (non-hydrogen) atoms. The highest BCUT2D eigenvalue weighted by Crippen LogP contribution is 2.41. The van der Waals surface area contributed by atoms with Crippen LogP contribution < -0.4 is 20.1 Å². The van der Waals surface area contributed by atoms with E-state index >= 15 is 0 Å². The fourth-order valence-electron chi connectivity index (χ4n) is 4.31. The second-order valence-electron chi connectivity index (χ2n) is 8.19. The first-order chi connectivity index (χ1) is 16.2. The summed E-state index contributed by atoms with van der Waals surface area (Å²) in [6.45, 7) is 2.70. The minimum absolute atomic E-state index is 0.00209. The van der Waals surface area contributed by atoms with Gasteiger partial charge >= 0.3 is 0 Å². The summed E-state index contributed by atoms with van der Waals surface area (Å²) in [4.78, 5) is 13.1. The molecule has 0 spiro atoms. The molecule has 0 radical (unpaired) electrons. The average molecular weight is 463 g/mol. The molecule has 1 fully saturated rings. The number of benzene rings is 3. The van der Waals surface area contributed by atoms with Gasteiger partial charge in [0.25, 0.3) is 0 Å². The number of anilines is 1. The molecular formula is C27H30N2O3S. The first-order valence-corrected chi connectivity index (χ1v) is 12.0. The molecule has 0 aliphatic carbocycles. The molecular weight excluding hydrogens is 432 g/mol. The molecule has 172 valence electrons. The molecule has 3 aromatic carbocycles. The predicted molar refractivity (Wildman–Crippen MR) is 136 cm³/mol. The van der Waals surface area contributed by atoms with Crippen molar-refractivity contribution in [3.05, 3.63) is 72.3 Å². The van der Waals surface area contributed by atoms with E-state index in [-0.39, 0.29) is 4.75 Å². The van der Waals surface area contributed by atoms with Crippen LogP contribution in [-0.4, -0.2) is 44.9 Å². The number of piperidine rings is 1. The molecule has 6 heteroatoms. The summed E-state index contributed by atoms with van der Waals surface area (Å²) in [6.07, 6.45) is 3.13. The lowest BCUT2D eigenvalue weighted by molar-refractivity contribution is 0.112. The zero-order chi connectivity index (χ0) is 23.1. The van der Waals surface area contributed by atoms with Crippen molar-refractivity contribution in [3.63, 3.8) is 0 Å². The number of rotatable bonds is 9. The third kappa shape index (κ3) is 5.34. The second-order valence-corrected chi connectivity index (χ2v) is 9.73. The number of aldehydes is 1. The number of hydrogen-bond donors (Lipinski definition) is 2. The largest absolute Gasteiger partial charge is 0.496 e. The molecule has 0 bridgehead atoms. The van der Waals surface area contributed by atoms with E-state index in [0.29, 0.717) is 5.56 Å². The van der Waals surface area contributed by atoms with Crippen LogP contribution in [0.1, 0.15) is 23.2 Å². The van der Waals surface area contributed by atoms with Gasteiger partial charge in [-0.25, -0.2) is 0 Å². The summed E-state index contributed by atoms with van der Waals surface area (Å²) in [5.74, 6) is 1.46. The SMILES string of the molecule is COc1cccc(OC)c1-c1ccc(C=O)c(NCC2(Sc3ccccc3)CCCNC2)c1. The third-order valence-corrected chi connectivity index (χ3v) is 7.44. The van der Waals surface area contributed by atoms with Gasteiger partial charge in [0.2, 0.25) is 0 Å². The summed E-state index contributed by atoms with van der Waals surface area (Å²) >= 11 is 1.90. The zero-order valence-electron chi connectivity index (χ0n) is 19.1. The molecule has 0 aromatic heterocycles. The molecule has 1 unspecified atom stereocenters. The third-order valence-electron chi connectivity index (χ3n) is 6.01. The molecule has 1 saturated heterocycles. The van der Waals surface area contributed by atoms with Gasteiger partial charge in [-0.1, -0.05) is 30.3 Å². The van der Waals surface area contributed by atoms with Gasteiger partial charge in [0.05, 0.1) is 24.5 Å². The van der Waals surface area contributed by atoms with Crippen molar-refractivity contribution >= 4 is 23.7 Å². The van der Waals surface area contributed by atoms with Crippen molar-refractivity contribution in [1.82, 2.24) is 5.32 Å². The minimum atomic E-state index is -0.00209. The highest BCUT2D eigenvalue weighted by atomic mass is 32.2. The van der Waals surface area contributed by atoms with Gasteiger partial charge in [-0.15, -0.1) is 11.8 Å². The van der Waals surface area contributed by atoms with E-state index < -0.39 is 0 Å². The Morgan fingerprint density at radius 1 is 1.03 bits per heavy atom. The Labute approximate surface area is 199 Å². The Kier molecular flexibility index (Phi) is 7.57. The van der Waals surface area contributed by atoms with Crippen LogP contribution in [0.5, 0.6) is 11.5 Å². The second kappa shape index (κ2) is 10.8. The molecule has 4 rings (SSSR count). The molecule has 3 aromatic rings.